The number of hydrogen-bond acceptors (Lipinski definition) is 2. The average molecular weight is 283 g/mol. The number of nitrogens with one attached hydrogen (secondary N) is 1. The third kappa shape index (κ3) is 3.00. The molecule has 1 N–H and O–H groups in total. The maximum absolute atomic E-state index is 13.7. The van der Waals surface area contributed by atoms with Gasteiger partial charge in [-0.1, -0.05) is 41.4 Å². The number of anilines is 1. The summed E-state index contributed by atoms with van der Waals surface area (Å²) in [7, 11) is 0. The van der Waals surface area contributed by atoms with Crippen LogP contribution in [-0.2, 0) is 0 Å². The van der Waals surface area contributed by atoms with Crippen molar-refractivity contribution in [1.29, 1.82) is 0 Å². The Bertz CT molecular complexity index is 571. The molecule has 0 aliphatic rings. The first-order valence-electron chi connectivity index (χ1n) is 5.16. The van der Waals surface area contributed by atoms with Gasteiger partial charge in [0.25, 0.3) is 0 Å². The van der Waals surface area contributed by atoms with Crippen LogP contribution in [0.2, 0.25) is 10.0 Å². The molecule has 2 rings (SSSR count). The van der Waals surface area contributed by atoms with Crippen LogP contribution in [0.25, 0.3) is 0 Å². The van der Waals surface area contributed by atoms with Gasteiger partial charge in [-0.15, -0.1) is 0 Å². The Labute approximate surface area is 114 Å². The Morgan fingerprint density at radius 2 is 1.67 bits per heavy atom. The van der Waals surface area contributed by atoms with Gasteiger partial charge in [0.1, 0.15) is 0 Å². The van der Waals surface area contributed by atoms with E-state index in [1.807, 2.05) is 30.3 Å². The number of halogens is 3. The normalized spacial score (nSPS) is 10.8. The van der Waals surface area contributed by atoms with Gasteiger partial charge in [-0.05, 0) is 24.3 Å². The van der Waals surface area contributed by atoms with Gasteiger partial charge >= 0.3 is 0 Å². The molecule has 0 heterocycles. The van der Waals surface area contributed by atoms with Gasteiger partial charge in [0.2, 0.25) is 0 Å². The zero-order chi connectivity index (χ0) is 13.0. The van der Waals surface area contributed by atoms with Gasteiger partial charge in [0.15, 0.2) is 5.82 Å². The van der Waals surface area contributed by atoms with Crippen molar-refractivity contribution in [1.82, 2.24) is 0 Å². The summed E-state index contributed by atoms with van der Waals surface area (Å²) in [4.78, 5) is 0. The highest BCUT2D eigenvalue weighted by Crippen LogP contribution is 2.24. The number of hydrazone groups is 1. The second-order valence-corrected chi connectivity index (χ2v) is 4.31. The lowest BCUT2D eigenvalue weighted by atomic mass is 10.2. The van der Waals surface area contributed by atoms with Crippen LogP contribution in [0.5, 0.6) is 0 Å². The monoisotopic (exact) mass is 282 g/mol. The van der Waals surface area contributed by atoms with Crippen LogP contribution in [0.1, 0.15) is 5.56 Å². The Morgan fingerprint density at radius 1 is 1.00 bits per heavy atom. The summed E-state index contributed by atoms with van der Waals surface area (Å²) >= 11 is 11.5. The maximum Gasteiger partial charge on any atom is 0.152 e. The minimum Gasteiger partial charge on any atom is -0.279 e. The first-order valence-corrected chi connectivity index (χ1v) is 5.91. The van der Waals surface area contributed by atoms with Crippen molar-refractivity contribution in [3.63, 3.8) is 0 Å². The standard InChI is InChI=1S/C13H9Cl2FN2/c14-11-6-7-12(15)13(16)10(11)8-17-18-9-4-2-1-3-5-9/h1-8,18H. The van der Waals surface area contributed by atoms with E-state index in [1.54, 1.807) is 0 Å². The van der Waals surface area contributed by atoms with E-state index in [4.69, 9.17) is 23.2 Å². The highest BCUT2D eigenvalue weighted by Gasteiger charge is 2.08. The highest BCUT2D eigenvalue weighted by atomic mass is 35.5. The van der Waals surface area contributed by atoms with Crippen molar-refractivity contribution in [2.24, 2.45) is 5.10 Å². The van der Waals surface area contributed by atoms with Gasteiger partial charge in [-0.25, -0.2) is 4.39 Å². The molecule has 5 heteroatoms. The summed E-state index contributed by atoms with van der Waals surface area (Å²) < 4.78 is 13.7. The highest BCUT2D eigenvalue weighted by molar-refractivity contribution is 6.35. The van der Waals surface area contributed by atoms with E-state index in [1.165, 1.54) is 18.3 Å². The molecule has 0 aliphatic carbocycles. The first kappa shape index (κ1) is 12.9. The van der Waals surface area contributed by atoms with Crippen LogP contribution >= 0.6 is 23.2 Å². The average Bonchev–Trinajstić information content (AvgIpc) is 2.39. The van der Waals surface area contributed by atoms with Crippen LogP contribution in [0.3, 0.4) is 0 Å². The van der Waals surface area contributed by atoms with Gasteiger partial charge in [0, 0.05) is 0 Å². The van der Waals surface area contributed by atoms with E-state index in [2.05, 4.69) is 10.5 Å². The van der Waals surface area contributed by atoms with Gasteiger partial charge < -0.3 is 0 Å². The topological polar surface area (TPSA) is 24.4 Å². The largest absolute Gasteiger partial charge is 0.279 e. The minimum absolute atomic E-state index is 0.0144. The molecule has 2 nitrogen and oxygen atoms in total. The lowest BCUT2D eigenvalue weighted by Crippen LogP contribution is -1.94. The lowest BCUT2D eigenvalue weighted by Gasteiger charge is -2.02. The zero-order valence-electron chi connectivity index (χ0n) is 9.20. The molecule has 2 aromatic carbocycles. The van der Waals surface area contributed by atoms with Crippen LogP contribution in [0, 0.1) is 5.82 Å². The van der Waals surface area contributed by atoms with Gasteiger partial charge in [0.05, 0.1) is 27.5 Å². The van der Waals surface area contributed by atoms with Crippen LogP contribution < -0.4 is 5.43 Å². The first-order chi connectivity index (χ1) is 8.68. The predicted molar refractivity (Wildman–Crippen MR) is 74.1 cm³/mol. The van der Waals surface area contributed by atoms with Crippen molar-refractivity contribution in [2.75, 3.05) is 5.43 Å². The fourth-order valence-electron chi connectivity index (χ4n) is 1.35. The van der Waals surface area contributed by atoms with Gasteiger partial charge in [-0.3, -0.25) is 5.43 Å². The lowest BCUT2D eigenvalue weighted by molar-refractivity contribution is 0.626. The van der Waals surface area contributed by atoms with E-state index in [-0.39, 0.29) is 15.6 Å². The maximum atomic E-state index is 13.7. The number of rotatable bonds is 3. The van der Waals surface area contributed by atoms with Crippen molar-refractivity contribution in [2.45, 2.75) is 0 Å². The molecular weight excluding hydrogens is 274 g/mol. The van der Waals surface area contributed by atoms with Crippen molar-refractivity contribution in [3.05, 3.63) is 63.9 Å². The molecule has 0 saturated heterocycles. The molecule has 0 amide bonds. The Hall–Kier alpha value is -1.58. The summed E-state index contributed by atoms with van der Waals surface area (Å²) in [5.74, 6) is -0.581. The van der Waals surface area contributed by atoms with Crippen molar-refractivity contribution < 1.29 is 4.39 Å². The zero-order valence-corrected chi connectivity index (χ0v) is 10.7. The number of nitrogens with zero attached hydrogens (tertiary/aromatic N) is 1. The summed E-state index contributed by atoms with van der Waals surface area (Å²) in [6, 6.07) is 12.2. The van der Waals surface area contributed by atoms with Gasteiger partial charge in [-0.2, -0.15) is 5.10 Å². The predicted octanol–water partition coefficient (Wildman–Crippen LogP) is 4.58. The summed E-state index contributed by atoms with van der Waals surface area (Å²) in [6.07, 6.45) is 1.30. The fraction of sp³-hybridized carbons (Fsp3) is 0. The quantitative estimate of drug-likeness (QED) is 0.497. The molecule has 92 valence electrons. The SMILES string of the molecule is Fc1c(Cl)ccc(Cl)c1C=NNc1ccccc1. The van der Waals surface area contributed by atoms with E-state index < -0.39 is 5.82 Å². The molecule has 0 aromatic heterocycles. The number of benzene rings is 2. The van der Waals surface area contributed by atoms with Crippen LogP contribution in [-0.4, -0.2) is 6.21 Å². The van der Waals surface area contributed by atoms with Crippen LogP contribution in [0.15, 0.2) is 47.6 Å². The third-order valence-corrected chi connectivity index (χ3v) is 2.86. The Morgan fingerprint density at radius 3 is 2.39 bits per heavy atom. The molecule has 0 aliphatic heterocycles. The molecule has 0 unspecified atom stereocenters. The summed E-state index contributed by atoms with van der Waals surface area (Å²) in [5.41, 5.74) is 3.73. The summed E-state index contributed by atoms with van der Waals surface area (Å²) in [6.45, 7) is 0. The van der Waals surface area contributed by atoms with Crippen molar-refractivity contribution >= 4 is 35.1 Å². The molecular formula is C13H9Cl2FN2. The fourth-order valence-corrected chi connectivity index (χ4v) is 1.70. The minimum atomic E-state index is -0.581. The van der Waals surface area contributed by atoms with Crippen LogP contribution in [0.4, 0.5) is 10.1 Å². The number of para-hydroxylation sites is 1. The van der Waals surface area contributed by atoms with E-state index in [9.17, 15) is 4.39 Å². The molecule has 0 saturated carbocycles. The van der Waals surface area contributed by atoms with E-state index in [0.717, 1.165) is 5.69 Å². The molecule has 2 aromatic rings. The third-order valence-electron chi connectivity index (χ3n) is 2.24. The molecule has 0 spiro atoms. The second kappa shape index (κ2) is 5.85. The Kier molecular flexibility index (Phi) is 4.18. The summed E-state index contributed by atoms with van der Waals surface area (Å²) in [5, 5.41) is 4.19. The van der Waals surface area contributed by atoms with E-state index >= 15 is 0 Å². The van der Waals surface area contributed by atoms with E-state index in [0.29, 0.717) is 0 Å². The smallest absolute Gasteiger partial charge is 0.152 e. The second-order valence-electron chi connectivity index (χ2n) is 3.49. The molecule has 0 radical (unpaired) electrons. The number of hydrogen-bond donors (Lipinski definition) is 1. The molecule has 0 bridgehead atoms. The molecule has 0 fully saturated rings. The molecule has 18 heavy (non-hydrogen) atoms. The van der Waals surface area contributed by atoms with Crippen molar-refractivity contribution in [3.8, 4) is 0 Å². The Balaban J connectivity index is 2.17. The molecule has 0 atom stereocenters.